The summed E-state index contributed by atoms with van der Waals surface area (Å²) in [7, 11) is 0. The monoisotopic (exact) mass is 638 g/mol. The van der Waals surface area contributed by atoms with Crippen molar-refractivity contribution < 1.29 is 57.9 Å². The van der Waals surface area contributed by atoms with Crippen LogP contribution in [0, 0.1) is 11.7 Å². The molecule has 2 amide bonds. The number of amides is 2. The molecule has 4 rings (SSSR count). The summed E-state index contributed by atoms with van der Waals surface area (Å²) in [6.07, 6.45) is -14.3. The van der Waals surface area contributed by atoms with Crippen LogP contribution in [-0.4, -0.2) is 24.5 Å². The SMILES string of the molecule is CC(F)(c1ccc(NC(=O)c2cccc(N(CC3CC3)C(=O)c3ccc(C(F)(F)F)cc3)c2F)c(C(F)(F)F)c1)C(F)(F)F. The van der Waals surface area contributed by atoms with Gasteiger partial charge in [-0.25, -0.2) is 8.78 Å². The predicted octanol–water partition coefficient (Wildman–Crippen LogP) is 8.92. The van der Waals surface area contributed by atoms with E-state index >= 15 is 4.39 Å². The molecule has 1 aliphatic carbocycles. The minimum Gasteiger partial charge on any atom is -0.321 e. The van der Waals surface area contributed by atoms with E-state index in [9.17, 15) is 53.5 Å². The average molecular weight is 638 g/mol. The summed E-state index contributed by atoms with van der Waals surface area (Å²) in [5.41, 5.74) is -11.1. The van der Waals surface area contributed by atoms with Gasteiger partial charge in [0.2, 0.25) is 5.67 Å². The van der Waals surface area contributed by atoms with Crippen LogP contribution in [0.1, 0.15) is 57.2 Å². The minimum atomic E-state index is -5.56. The molecule has 3 aromatic carbocycles. The first-order chi connectivity index (χ1) is 20.2. The molecule has 1 atom stereocenters. The third kappa shape index (κ3) is 6.81. The Morgan fingerprint density at radius 1 is 0.818 bits per heavy atom. The van der Waals surface area contributed by atoms with Crippen LogP contribution in [0.4, 0.5) is 59.7 Å². The van der Waals surface area contributed by atoms with Crippen molar-refractivity contribution in [1.29, 1.82) is 0 Å². The topological polar surface area (TPSA) is 49.4 Å². The zero-order valence-electron chi connectivity index (χ0n) is 22.4. The third-order valence-electron chi connectivity index (χ3n) is 7.00. The van der Waals surface area contributed by atoms with Crippen LogP contribution in [0.15, 0.2) is 60.7 Å². The molecule has 1 saturated carbocycles. The van der Waals surface area contributed by atoms with Crippen molar-refractivity contribution >= 4 is 23.2 Å². The molecule has 4 nitrogen and oxygen atoms in total. The maximum atomic E-state index is 15.7. The fourth-order valence-corrected chi connectivity index (χ4v) is 4.24. The first-order valence-corrected chi connectivity index (χ1v) is 12.8. The lowest BCUT2D eigenvalue weighted by Gasteiger charge is -2.26. The van der Waals surface area contributed by atoms with Gasteiger partial charge in [0.1, 0.15) is 0 Å². The second kappa shape index (κ2) is 11.4. The van der Waals surface area contributed by atoms with E-state index in [1.807, 2.05) is 0 Å². The maximum absolute atomic E-state index is 15.7. The number of rotatable bonds is 7. The number of carbonyl (C=O) groups excluding carboxylic acids is 2. The van der Waals surface area contributed by atoms with E-state index in [0.29, 0.717) is 37.1 Å². The number of hydrogen-bond donors (Lipinski definition) is 1. The average Bonchev–Trinajstić information content (AvgIpc) is 3.74. The van der Waals surface area contributed by atoms with Gasteiger partial charge >= 0.3 is 18.5 Å². The smallest absolute Gasteiger partial charge is 0.321 e. The van der Waals surface area contributed by atoms with Gasteiger partial charge in [-0.2, -0.15) is 39.5 Å². The molecule has 0 aliphatic heterocycles. The summed E-state index contributed by atoms with van der Waals surface area (Å²) in [4.78, 5) is 27.1. The first-order valence-electron chi connectivity index (χ1n) is 12.8. The van der Waals surface area contributed by atoms with Crippen molar-refractivity contribution in [2.75, 3.05) is 16.8 Å². The minimum absolute atomic E-state index is 0.0287. The van der Waals surface area contributed by atoms with Crippen molar-refractivity contribution in [3.8, 4) is 0 Å². The summed E-state index contributed by atoms with van der Waals surface area (Å²) >= 11 is 0. The molecule has 0 aromatic heterocycles. The van der Waals surface area contributed by atoms with Gasteiger partial charge in [-0.1, -0.05) is 12.1 Å². The molecule has 236 valence electrons. The number of carbonyl (C=O) groups is 2. The molecule has 0 spiro atoms. The van der Waals surface area contributed by atoms with Gasteiger partial charge in [0.25, 0.3) is 11.8 Å². The second-order valence-electron chi connectivity index (χ2n) is 10.3. The van der Waals surface area contributed by atoms with Crippen LogP contribution in [0.5, 0.6) is 0 Å². The van der Waals surface area contributed by atoms with Crippen LogP contribution in [-0.2, 0) is 18.0 Å². The van der Waals surface area contributed by atoms with Crippen LogP contribution in [0.2, 0.25) is 0 Å². The molecule has 1 fully saturated rings. The quantitative estimate of drug-likeness (QED) is 0.263. The van der Waals surface area contributed by atoms with E-state index in [1.165, 1.54) is 0 Å². The van der Waals surface area contributed by atoms with Gasteiger partial charge < -0.3 is 10.2 Å². The molecule has 1 N–H and O–H groups in total. The van der Waals surface area contributed by atoms with Gasteiger partial charge in [0.05, 0.1) is 28.1 Å². The van der Waals surface area contributed by atoms with Crippen molar-refractivity contribution in [2.24, 2.45) is 5.92 Å². The van der Waals surface area contributed by atoms with E-state index in [-0.39, 0.29) is 31.0 Å². The lowest BCUT2D eigenvalue weighted by molar-refractivity contribution is -0.228. The van der Waals surface area contributed by atoms with Gasteiger partial charge in [0.15, 0.2) is 5.82 Å². The first kappa shape index (κ1) is 32.7. The van der Waals surface area contributed by atoms with E-state index in [0.717, 1.165) is 35.2 Å². The van der Waals surface area contributed by atoms with Crippen molar-refractivity contribution in [2.45, 2.75) is 44.0 Å². The zero-order valence-corrected chi connectivity index (χ0v) is 22.4. The Morgan fingerprint density at radius 2 is 1.41 bits per heavy atom. The highest BCUT2D eigenvalue weighted by atomic mass is 19.4. The Kier molecular flexibility index (Phi) is 8.48. The van der Waals surface area contributed by atoms with Crippen molar-refractivity contribution in [1.82, 2.24) is 0 Å². The Balaban J connectivity index is 1.68. The van der Waals surface area contributed by atoms with Gasteiger partial charge in [-0.3, -0.25) is 9.59 Å². The summed E-state index contributed by atoms with van der Waals surface area (Å²) in [6.45, 7) is -0.0519. The Hall–Kier alpha value is -4.17. The molecule has 3 aromatic rings. The third-order valence-corrected chi connectivity index (χ3v) is 7.00. The number of anilines is 2. The van der Waals surface area contributed by atoms with Gasteiger partial charge in [-0.15, -0.1) is 0 Å². The number of nitrogens with zero attached hydrogens (tertiary/aromatic N) is 1. The highest BCUT2D eigenvalue weighted by Gasteiger charge is 2.54. The van der Waals surface area contributed by atoms with Crippen LogP contribution in [0.25, 0.3) is 0 Å². The van der Waals surface area contributed by atoms with E-state index < -0.39 is 75.5 Å². The lowest BCUT2D eigenvalue weighted by atomic mass is 9.94. The normalized spacial score (nSPS) is 15.5. The van der Waals surface area contributed by atoms with E-state index in [2.05, 4.69) is 0 Å². The van der Waals surface area contributed by atoms with Crippen LogP contribution in [0.3, 0.4) is 0 Å². The zero-order chi connectivity index (χ0) is 32.8. The Bertz CT molecular complexity index is 1560. The summed E-state index contributed by atoms with van der Waals surface area (Å²) < 4.78 is 150. The second-order valence-corrected chi connectivity index (χ2v) is 10.3. The molecule has 1 aliphatic rings. The molecule has 44 heavy (non-hydrogen) atoms. The largest absolute Gasteiger partial charge is 0.426 e. The molecular formula is C29H21F11N2O2. The van der Waals surface area contributed by atoms with Crippen LogP contribution >= 0.6 is 0 Å². The number of halogens is 11. The highest BCUT2D eigenvalue weighted by molar-refractivity contribution is 6.09. The number of hydrogen-bond acceptors (Lipinski definition) is 2. The number of benzene rings is 3. The number of alkyl halides is 10. The predicted molar refractivity (Wildman–Crippen MR) is 136 cm³/mol. The van der Waals surface area contributed by atoms with Gasteiger partial charge in [0, 0.05) is 12.1 Å². The fraction of sp³-hybridized carbons (Fsp3) is 0.310. The van der Waals surface area contributed by atoms with Crippen LogP contribution < -0.4 is 10.2 Å². The maximum Gasteiger partial charge on any atom is 0.426 e. The van der Waals surface area contributed by atoms with Crippen molar-refractivity contribution in [3.05, 3.63) is 94.3 Å². The van der Waals surface area contributed by atoms with Crippen molar-refractivity contribution in [3.63, 3.8) is 0 Å². The molecule has 15 heteroatoms. The standard InChI is InChI=1S/C29H21F11N2O2/c1-26(31,29(38,39)40)18-11-12-21(20(13-18)28(35,36)37)41-24(43)19-3-2-4-22(23(19)30)42(14-15-5-6-15)25(44)16-7-9-17(10-8-16)27(32,33)34/h2-4,7-13,15H,5-6,14H2,1H3,(H,41,43). The van der Waals surface area contributed by atoms with E-state index in [4.69, 9.17) is 0 Å². The Labute approximate surface area is 242 Å². The molecule has 0 bridgehead atoms. The molecule has 1 unspecified atom stereocenters. The Morgan fingerprint density at radius 3 is 1.93 bits per heavy atom. The summed E-state index contributed by atoms with van der Waals surface area (Å²) in [6, 6.07) is 6.85. The molecule has 0 heterocycles. The lowest BCUT2D eigenvalue weighted by Crippen LogP contribution is -2.35. The fourth-order valence-electron chi connectivity index (χ4n) is 4.24. The molecular weight excluding hydrogens is 617 g/mol. The van der Waals surface area contributed by atoms with E-state index in [1.54, 1.807) is 5.32 Å². The summed E-state index contributed by atoms with van der Waals surface area (Å²) in [5.74, 6) is -3.83. The van der Waals surface area contributed by atoms with Gasteiger partial charge in [-0.05, 0) is 79.8 Å². The number of nitrogens with one attached hydrogen (secondary N) is 1. The molecule has 0 saturated heterocycles. The highest BCUT2D eigenvalue weighted by Crippen LogP contribution is 2.45. The summed E-state index contributed by atoms with van der Waals surface area (Å²) in [5, 5.41) is 1.78. The molecule has 0 radical (unpaired) electrons.